The van der Waals surface area contributed by atoms with Crippen LogP contribution in [0, 0.1) is 5.41 Å². The molecule has 154 valence electrons. The topological polar surface area (TPSA) is 122 Å². The van der Waals surface area contributed by atoms with Crippen LogP contribution < -0.4 is 16.8 Å². The van der Waals surface area contributed by atoms with Crippen molar-refractivity contribution in [1.29, 1.82) is 5.41 Å². The molecule has 1 aliphatic carbocycles. The first-order valence-electron chi connectivity index (χ1n) is 10.0. The number of hydrogen-bond acceptors (Lipinski definition) is 5. The van der Waals surface area contributed by atoms with Gasteiger partial charge in [-0.05, 0) is 31.2 Å². The maximum Gasteiger partial charge on any atom is 0.238 e. The molecule has 0 aromatic heterocycles. The molecule has 0 bridgehead atoms. The summed E-state index contributed by atoms with van der Waals surface area (Å²) in [6.07, 6.45) is 9.00. The number of benzene rings is 2. The van der Waals surface area contributed by atoms with Gasteiger partial charge in [-0.2, -0.15) is 0 Å². The van der Waals surface area contributed by atoms with Crippen molar-refractivity contribution in [2.45, 2.75) is 45.4 Å². The lowest BCUT2D eigenvalue weighted by Crippen LogP contribution is -2.22. The number of carbonyl (C=O) groups is 2. The fraction of sp³-hybridized carbons (Fsp3) is 0.348. The molecule has 29 heavy (non-hydrogen) atoms. The third-order valence-electron chi connectivity index (χ3n) is 4.85. The zero-order valence-electron chi connectivity index (χ0n) is 17.0. The second kappa shape index (κ2) is 11.1. The minimum absolute atomic E-state index is 0.0726. The average molecular weight is 395 g/mol. The number of carbonyl (C=O) groups excluding carboxylic acids is 2. The van der Waals surface area contributed by atoms with Gasteiger partial charge >= 0.3 is 0 Å². The second-order valence-corrected chi connectivity index (χ2v) is 7.19. The predicted molar refractivity (Wildman–Crippen MR) is 119 cm³/mol. The fourth-order valence-corrected chi connectivity index (χ4v) is 3.17. The number of anilines is 2. The maximum atomic E-state index is 11.5. The van der Waals surface area contributed by atoms with Crippen molar-refractivity contribution in [3.63, 3.8) is 0 Å². The van der Waals surface area contributed by atoms with Gasteiger partial charge < -0.3 is 16.8 Å². The summed E-state index contributed by atoms with van der Waals surface area (Å²) in [7, 11) is 0. The van der Waals surface area contributed by atoms with Crippen LogP contribution in [0.2, 0.25) is 0 Å². The number of amides is 1. The van der Waals surface area contributed by atoms with E-state index in [1.807, 2.05) is 0 Å². The molecule has 1 saturated carbocycles. The molecule has 0 spiro atoms. The Kier molecular flexibility index (Phi) is 8.55. The standard InChI is InChI=1S/C17H18N4O2.C6H12/c1-10(22)11-3-2-4-12(7-11)17(20)14-8-13(5-6-15(14)19)21-16(23)9-18;1-2-4-6-5-3-1/h2-8,20H,9,18-19H2,1H3,(H,21,23);1-6H2. The zero-order chi connectivity index (χ0) is 21.2. The molecule has 1 aliphatic rings. The minimum Gasteiger partial charge on any atom is -0.398 e. The molecule has 0 aliphatic heterocycles. The van der Waals surface area contributed by atoms with Crippen LogP contribution in [-0.4, -0.2) is 23.9 Å². The Labute approximate surface area is 172 Å². The molecule has 6 N–H and O–H groups in total. The highest BCUT2D eigenvalue weighted by Crippen LogP contribution is 2.22. The molecule has 2 aromatic rings. The number of nitrogens with two attached hydrogens (primary N) is 2. The Hall–Kier alpha value is -2.99. The molecule has 0 atom stereocenters. The first kappa shape index (κ1) is 22.3. The number of Topliss-reactive ketones (excluding diaryl/α,β-unsaturated/α-hetero) is 1. The van der Waals surface area contributed by atoms with Crippen molar-refractivity contribution < 1.29 is 9.59 Å². The van der Waals surface area contributed by atoms with Gasteiger partial charge in [-0.25, -0.2) is 0 Å². The van der Waals surface area contributed by atoms with Gasteiger partial charge in [0.1, 0.15) is 0 Å². The average Bonchev–Trinajstić information content (AvgIpc) is 2.76. The van der Waals surface area contributed by atoms with Crippen molar-refractivity contribution in [1.82, 2.24) is 0 Å². The van der Waals surface area contributed by atoms with E-state index < -0.39 is 0 Å². The van der Waals surface area contributed by atoms with E-state index >= 15 is 0 Å². The summed E-state index contributed by atoms with van der Waals surface area (Å²) in [5, 5.41) is 11.0. The predicted octanol–water partition coefficient (Wildman–Crippen LogP) is 4.13. The third kappa shape index (κ3) is 6.84. The molecule has 6 heteroatoms. The van der Waals surface area contributed by atoms with Gasteiger partial charge in [0.2, 0.25) is 5.91 Å². The first-order valence-corrected chi connectivity index (χ1v) is 10.0. The summed E-state index contributed by atoms with van der Waals surface area (Å²) in [4.78, 5) is 22.9. The van der Waals surface area contributed by atoms with E-state index in [1.165, 1.54) is 45.4 Å². The van der Waals surface area contributed by atoms with Crippen molar-refractivity contribution in [3.05, 3.63) is 59.2 Å². The van der Waals surface area contributed by atoms with E-state index in [2.05, 4.69) is 5.32 Å². The highest BCUT2D eigenvalue weighted by Gasteiger charge is 2.12. The van der Waals surface area contributed by atoms with Crippen LogP contribution in [-0.2, 0) is 4.79 Å². The Morgan fingerprint density at radius 1 is 0.966 bits per heavy atom. The third-order valence-corrected chi connectivity index (χ3v) is 4.85. The number of hydrogen-bond donors (Lipinski definition) is 4. The van der Waals surface area contributed by atoms with E-state index in [0.717, 1.165) is 0 Å². The van der Waals surface area contributed by atoms with Gasteiger partial charge in [-0.1, -0.05) is 56.7 Å². The van der Waals surface area contributed by atoms with Crippen molar-refractivity contribution >= 4 is 28.8 Å². The maximum absolute atomic E-state index is 11.5. The van der Waals surface area contributed by atoms with Gasteiger partial charge in [0.25, 0.3) is 0 Å². The zero-order valence-corrected chi connectivity index (χ0v) is 17.0. The summed E-state index contributed by atoms with van der Waals surface area (Å²) >= 11 is 0. The normalized spacial score (nSPS) is 13.0. The van der Waals surface area contributed by atoms with Crippen molar-refractivity contribution in [2.24, 2.45) is 5.73 Å². The van der Waals surface area contributed by atoms with Gasteiger partial charge in [0.15, 0.2) is 5.78 Å². The second-order valence-electron chi connectivity index (χ2n) is 7.19. The van der Waals surface area contributed by atoms with E-state index in [-0.39, 0.29) is 23.9 Å². The Balaban J connectivity index is 0.000000426. The molecular formula is C23H30N4O2. The van der Waals surface area contributed by atoms with Crippen molar-refractivity contribution in [2.75, 3.05) is 17.6 Å². The fourth-order valence-electron chi connectivity index (χ4n) is 3.17. The summed E-state index contributed by atoms with van der Waals surface area (Å²) in [5.41, 5.74) is 13.9. The molecule has 1 fully saturated rings. The van der Waals surface area contributed by atoms with E-state index in [4.69, 9.17) is 16.9 Å². The number of rotatable bonds is 5. The molecular weight excluding hydrogens is 364 g/mol. The van der Waals surface area contributed by atoms with Crippen LogP contribution in [0.3, 0.4) is 0 Å². The van der Waals surface area contributed by atoms with Gasteiger partial charge in [-0.3, -0.25) is 15.0 Å². The van der Waals surface area contributed by atoms with Crippen LogP contribution >= 0.6 is 0 Å². The van der Waals surface area contributed by atoms with Gasteiger partial charge in [0, 0.05) is 28.1 Å². The van der Waals surface area contributed by atoms with Crippen LogP contribution in [0.1, 0.15) is 66.9 Å². The molecule has 1 amide bonds. The number of ketones is 1. The molecule has 0 radical (unpaired) electrons. The Morgan fingerprint density at radius 3 is 2.10 bits per heavy atom. The highest BCUT2D eigenvalue weighted by atomic mass is 16.1. The monoisotopic (exact) mass is 394 g/mol. The lowest BCUT2D eigenvalue weighted by atomic mass is 9.98. The molecule has 0 heterocycles. The Bertz CT molecular complexity index is 861. The molecule has 2 aromatic carbocycles. The van der Waals surface area contributed by atoms with Crippen LogP contribution in [0.15, 0.2) is 42.5 Å². The van der Waals surface area contributed by atoms with Crippen LogP contribution in [0.4, 0.5) is 11.4 Å². The first-order chi connectivity index (χ1) is 13.9. The van der Waals surface area contributed by atoms with E-state index in [9.17, 15) is 9.59 Å². The summed E-state index contributed by atoms with van der Waals surface area (Å²) in [5.74, 6) is -0.401. The van der Waals surface area contributed by atoms with E-state index in [1.54, 1.807) is 42.5 Å². The molecule has 0 unspecified atom stereocenters. The van der Waals surface area contributed by atoms with Crippen molar-refractivity contribution in [3.8, 4) is 0 Å². The SMILES string of the molecule is C1CCCCC1.CC(=O)c1cccc(C(=N)c2cc(NC(=O)CN)ccc2N)c1. The van der Waals surface area contributed by atoms with E-state index in [0.29, 0.717) is 28.1 Å². The Morgan fingerprint density at radius 2 is 1.55 bits per heavy atom. The van der Waals surface area contributed by atoms with Crippen LogP contribution in [0.25, 0.3) is 0 Å². The number of nitrogens with one attached hydrogen (secondary N) is 2. The smallest absolute Gasteiger partial charge is 0.238 e. The summed E-state index contributed by atoms with van der Waals surface area (Å²) < 4.78 is 0. The van der Waals surface area contributed by atoms with Crippen LogP contribution in [0.5, 0.6) is 0 Å². The highest BCUT2D eigenvalue weighted by molar-refractivity contribution is 6.15. The molecule has 0 saturated heterocycles. The lowest BCUT2D eigenvalue weighted by Gasteiger charge is -2.11. The molecule has 3 rings (SSSR count). The number of nitrogen functional groups attached to an aromatic ring is 1. The van der Waals surface area contributed by atoms with Gasteiger partial charge in [-0.15, -0.1) is 0 Å². The molecule has 6 nitrogen and oxygen atoms in total. The minimum atomic E-state index is -0.328. The summed E-state index contributed by atoms with van der Waals surface area (Å²) in [6, 6.07) is 11.7. The lowest BCUT2D eigenvalue weighted by molar-refractivity contribution is -0.114. The van der Waals surface area contributed by atoms with Gasteiger partial charge in [0.05, 0.1) is 12.3 Å². The quantitative estimate of drug-likeness (QED) is 0.346. The largest absolute Gasteiger partial charge is 0.398 e. The summed E-state index contributed by atoms with van der Waals surface area (Å²) in [6.45, 7) is 1.35.